The number of benzene rings is 1. The second-order valence-electron chi connectivity index (χ2n) is 8.13. The number of esters is 1. The summed E-state index contributed by atoms with van der Waals surface area (Å²) in [7, 11) is -2.40. The molecule has 0 N–H and O–H groups in total. The molecule has 0 bridgehead atoms. The predicted octanol–water partition coefficient (Wildman–Crippen LogP) is 3.45. The zero-order valence-electron chi connectivity index (χ0n) is 18.1. The van der Waals surface area contributed by atoms with E-state index in [1.165, 1.54) is 39.4 Å². The standard InChI is InChI=1S/C22H28N2O4S3/c1-15-10-16(2)12-17(11-15)13-23-5-4-18-19(14-23)30-22(20(18)21(25)28-3)31(26,27)24-6-8-29-9-7-24/h10-12H,4-9,13-14H2,1-3H3. The van der Waals surface area contributed by atoms with Gasteiger partial charge in [0, 0.05) is 49.1 Å². The number of thiophene rings is 1. The monoisotopic (exact) mass is 480 g/mol. The van der Waals surface area contributed by atoms with Crippen LogP contribution >= 0.6 is 23.1 Å². The number of aryl methyl sites for hydroxylation is 2. The van der Waals surface area contributed by atoms with E-state index in [-0.39, 0.29) is 9.77 Å². The number of hydrogen-bond acceptors (Lipinski definition) is 7. The lowest BCUT2D eigenvalue weighted by Crippen LogP contribution is -2.38. The average Bonchev–Trinajstić information content (AvgIpc) is 3.12. The van der Waals surface area contributed by atoms with Gasteiger partial charge in [-0.3, -0.25) is 4.90 Å². The maximum Gasteiger partial charge on any atom is 0.340 e. The van der Waals surface area contributed by atoms with Crippen LogP contribution in [0.1, 0.15) is 37.5 Å². The van der Waals surface area contributed by atoms with E-state index in [0.717, 1.165) is 35.0 Å². The van der Waals surface area contributed by atoms with Crippen LogP contribution in [0.5, 0.6) is 0 Å². The van der Waals surface area contributed by atoms with Crippen LogP contribution in [-0.2, 0) is 34.3 Å². The molecule has 2 aliphatic heterocycles. The van der Waals surface area contributed by atoms with Crippen LogP contribution in [0, 0.1) is 13.8 Å². The minimum Gasteiger partial charge on any atom is -0.465 e. The van der Waals surface area contributed by atoms with Gasteiger partial charge in [-0.15, -0.1) is 11.3 Å². The summed E-state index contributed by atoms with van der Waals surface area (Å²) in [5.41, 5.74) is 4.84. The zero-order chi connectivity index (χ0) is 22.2. The number of carbonyl (C=O) groups is 1. The largest absolute Gasteiger partial charge is 0.465 e. The van der Waals surface area contributed by atoms with Crippen molar-refractivity contribution in [3.05, 3.63) is 50.9 Å². The molecule has 0 unspecified atom stereocenters. The highest BCUT2D eigenvalue weighted by Crippen LogP contribution is 2.38. The molecule has 3 heterocycles. The Labute approximate surface area is 192 Å². The minimum atomic E-state index is -3.71. The Kier molecular flexibility index (Phi) is 6.79. The Morgan fingerprint density at radius 3 is 2.42 bits per heavy atom. The molecule has 168 valence electrons. The molecule has 0 radical (unpaired) electrons. The van der Waals surface area contributed by atoms with E-state index in [9.17, 15) is 13.2 Å². The lowest BCUT2D eigenvalue weighted by molar-refractivity contribution is 0.0595. The van der Waals surface area contributed by atoms with Crippen molar-refractivity contribution in [2.75, 3.05) is 38.2 Å². The number of ether oxygens (including phenoxy) is 1. The lowest BCUT2D eigenvalue weighted by atomic mass is 10.0. The van der Waals surface area contributed by atoms with Crippen LogP contribution in [0.4, 0.5) is 0 Å². The summed E-state index contributed by atoms with van der Waals surface area (Å²) in [4.78, 5) is 15.9. The Bertz CT molecular complexity index is 1070. The number of sulfonamides is 1. The number of fused-ring (bicyclic) bond motifs is 1. The Hall–Kier alpha value is -1.39. The number of rotatable bonds is 5. The summed E-state index contributed by atoms with van der Waals surface area (Å²) in [6, 6.07) is 6.55. The van der Waals surface area contributed by atoms with E-state index >= 15 is 0 Å². The van der Waals surface area contributed by atoms with E-state index in [1.54, 1.807) is 11.8 Å². The van der Waals surface area contributed by atoms with Gasteiger partial charge in [0.1, 0.15) is 4.21 Å². The second kappa shape index (κ2) is 9.23. The Morgan fingerprint density at radius 1 is 1.10 bits per heavy atom. The Balaban J connectivity index is 1.65. The third-order valence-electron chi connectivity index (χ3n) is 5.73. The summed E-state index contributed by atoms with van der Waals surface area (Å²) in [5, 5.41) is 0. The van der Waals surface area contributed by atoms with Gasteiger partial charge in [-0.25, -0.2) is 13.2 Å². The molecule has 0 spiro atoms. The van der Waals surface area contributed by atoms with Crippen molar-refractivity contribution in [1.82, 2.24) is 9.21 Å². The van der Waals surface area contributed by atoms with Crippen LogP contribution < -0.4 is 0 Å². The second-order valence-corrected chi connectivity index (χ2v) is 12.6. The maximum absolute atomic E-state index is 13.4. The fraction of sp³-hybridized carbons (Fsp3) is 0.500. The molecule has 4 rings (SSSR count). The number of carbonyl (C=O) groups excluding carboxylic acids is 1. The molecule has 1 saturated heterocycles. The summed E-state index contributed by atoms with van der Waals surface area (Å²) >= 11 is 3.00. The highest BCUT2D eigenvalue weighted by molar-refractivity contribution is 7.99. The summed E-state index contributed by atoms with van der Waals surface area (Å²) in [6.07, 6.45) is 0.645. The highest BCUT2D eigenvalue weighted by atomic mass is 32.2. The summed E-state index contributed by atoms with van der Waals surface area (Å²) in [6.45, 7) is 7.39. The molecule has 2 aromatic rings. The van der Waals surface area contributed by atoms with E-state index in [0.29, 0.717) is 26.1 Å². The number of methoxy groups -OCH3 is 1. The van der Waals surface area contributed by atoms with Gasteiger partial charge >= 0.3 is 5.97 Å². The lowest BCUT2D eigenvalue weighted by Gasteiger charge is -2.27. The first-order valence-corrected chi connectivity index (χ1v) is 13.8. The highest BCUT2D eigenvalue weighted by Gasteiger charge is 2.37. The molecule has 6 nitrogen and oxygen atoms in total. The first kappa shape index (κ1) is 22.8. The zero-order valence-corrected chi connectivity index (χ0v) is 20.6. The Morgan fingerprint density at radius 2 is 1.77 bits per heavy atom. The van der Waals surface area contributed by atoms with E-state index < -0.39 is 16.0 Å². The van der Waals surface area contributed by atoms with E-state index in [4.69, 9.17) is 4.74 Å². The normalized spacial score (nSPS) is 18.0. The fourth-order valence-corrected chi connectivity index (χ4v) is 9.02. The van der Waals surface area contributed by atoms with Crippen molar-refractivity contribution in [3.8, 4) is 0 Å². The van der Waals surface area contributed by atoms with Gasteiger partial charge in [0.25, 0.3) is 10.0 Å². The van der Waals surface area contributed by atoms with Crippen molar-refractivity contribution < 1.29 is 17.9 Å². The number of nitrogens with zero attached hydrogens (tertiary/aromatic N) is 2. The van der Waals surface area contributed by atoms with Gasteiger partial charge in [-0.2, -0.15) is 16.1 Å². The molecule has 0 aliphatic carbocycles. The van der Waals surface area contributed by atoms with Crippen molar-refractivity contribution >= 4 is 39.1 Å². The molecule has 0 atom stereocenters. The van der Waals surface area contributed by atoms with Crippen LogP contribution in [-0.4, -0.2) is 61.8 Å². The van der Waals surface area contributed by atoms with Crippen molar-refractivity contribution in [3.63, 3.8) is 0 Å². The molecule has 2 aliphatic rings. The third kappa shape index (κ3) is 4.71. The third-order valence-corrected chi connectivity index (χ3v) is 10.3. The quantitative estimate of drug-likeness (QED) is 0.611. The number of thioether (sulfide) groups is 1. The molecule has 1 aromatic carbocycles. The summed E-state index contributed by atoms with van der Waals surface area (Å²) in [5.74, 6) is 1.01. The molecule has 0 saturated carbocycles. The minimum absolute atomic E-state index is 0.157. The van der Waals surface area contributed by atoms with E-state index in [1.807, 2.05) is 0 Å². The van der Waals surface area contributed by atoms with Crippen LogP contribution in [0.3, 0.4) is 0 Å². The van der Waals surface area contributed by atoms with Crippen molar-refractivity contribution in [2.45, 2.75) is 37.6 Å². The molecular formula is C22H28N2O4S3. The fourth-order valence-electron chi connectivity index (χ4n) is 4.38. The van der Waals surface area contributed by atoms with Crippen LogP contribution in [0.25, 0.3) is 0 Å². The van der Waals surface area contributed by atoms with Crippen molar-refractivity contribution in [1.29, 1.82) is 0 Å². The predicted molar refractivity (Wildman–Crippen MR) is 125 cm³/mol. The molecule has 31 heavy (non-hydrogen) atoms. The number of hydrogen-bond donors (Lipinski definition) is 0. The van der Waals surface area contributed by atoms with Gasteiger partial charge in [-0.1, -0.05) is 29.3 Å². The first-order chi connectivity index (χ1) is 14.8. The van der Waals surface area contributed by atoms with Crippen LogP contribution in [0.15, 0.2) is 22.4 Å². The summed E-state index contributed by atoms with van der Waals surface area (Å²) < 4.78 is 33.5. The molecular weight excluding hydrogens is 452 g/mol. The smallest absolute Gasteiger partial charge is 0.340 e. The van der Waals surface area contributed by atoms with Gasteiger partial charge < -0.3 is 4.74 Å². The topological polar surface area (TPSA) is 66.9 Å². The molecule has 1 aromatic heterocycles. The van der Waals surface area contributed by atoms with E-state index in [2.05, 4.69) is 36.9 Å². The van der Waals surface area contributed by atoms with Crippen LogP contribution in [0.2, 0.25) is 0 Å². The van der Waals surface area contributed by atoms with Gasteiger partial charge in [-0.05, 0) is 31.4 Å². The van der Waals surface area contributed by atoms with Gasteiger partial charge in [0.05, 0.1) is 12.7 Å². The van der Waals surface area contributed by atoms with Gasteiger partial charge in [0.15, 0.2) is 0 Å². The molecule has 0 amide bonds. The van der Waals surface area contributed by atoms with Crippen molar-refractivity contribution in [2.24, 2.45) is 0 Å². The maximum atomic E-state index is 13.4. The average molecular weight is 481 g/mol. The molecule has 9 heteroatoms. The molecule has 1 fully saturated rings. The first-order valence-electron chi connectivity index (χ1n) is 10.4. The SMILES string of the molecule is COC(=O)c1c(S(=O)(=O)N2CCSCC2)sc2c1CCN(Cc1cc(C)cc(C)c1)C2. The van der Waals surface area contributed by atoms with Gasteiger partial charge in [0.2, 0.25) is 0 Å².